The van der Waals surface area contributed by atoms with Crippen LogP contribution in [0.15, 0.2) is 11.6 Å². The quantitative estimate of drug-likeness (QED) is 0.710. The molecular weight excluding hydrogens is 220 g/mol. The van der Waals surface area contributed by atoms with Gasteiger partial charge in [-0.05, 0) is 68.8 Å². The fourth-order valence-corrected chi connectivity index (χ4v) is 3.96. The molecule has 2 aliphatic rings. The van der Waals surface area contributed by atoms with Gasteiger partial charge in [0.1, 0.15) is 0 Å². The molecule has 0 bridgehead atoms. The van der Waals surface area contributed by atoms with Crippen molar-refractivity contribution in [1.82, 2.24) is 0 Å². The molecule has 0 heterocycles. The Bertz CT molecular complexity index is 292. The second-order valence-corrected chi connectivity index (χ2v) is 6.95. The molecule has 1 nitrogen and oxygen atoms in total. The van der Waals surface area contributed by atoms with Crippen LogP contribution in [0.5, 0.6) is 0 Å². The van der Waals surface area contributed by atoms with Crippen molar-refractivity contribution in [2.24, 2.45) is 11.8 Å². The zero-order chi connectivity index (χ0) is 13.0. The minimum Gasteiger partial charge on any atom is -0.386 e. The van der Waals surface area contributed by atoms with Crippen LogP contribution in [0.3, 0.4) is 0 Å². The first-order chi connectivity index (χ1) is 8.60. The van der Waals surface area contributed by atoms with Crippen LogP contribution in [0.4, 0.5) is 0 Å². The Morgan fingerprint density at radius 2 is 2.11 bits per heavy atom. The number of hydrogen-bond acceptors (Lipinski definition) is 1. The molecule has 2 rings (SSSR count). The summed E-state index contributed by atoms with van der Waals surface area (Å²) < 4.78 is 0. The summed E-state index contributed by atoms with van der Waals surface area (Å²) in [6.07, 6.45) is 14.5. The Kier molecular flexibility index (Phi) is 4.89. The molecule has 0 aromatic carbocycles. The van der Waals surface area contributed by atoms with E-state index < -0.39 is 5.60 Å². The largest absolute Gasteiger partial charge is 0.386 e. The van der Waals surface area contributed by atoms with Crippen LogP contribution in [-0.2, 0) is 0 Å². The SMILES string of the molecule is CC(C)CC1CCCC(O)(C2=CCCCCC2)C1. The molecule has 104 valence electrons. The fourth-order valence-electron chi connectivity index (χ4n) is 3.96. The van der Waals surface area contributed by atoms with Crippen molar-refractivity contribution >= 4 is 0 Å². The van der Waals surface area contributed by atoms with E-state index in [4.69, 9.17) is 0 Å². The third-order valence-electron chi connectivity index (χ3n) is 4.77. The van der Waals surface area contributed by atoms with E-state index in [9.17, 15) is 5.11 Å². The van der Waals surface area contributed by atoms with Crippen molar-refractivity contribution < 1.29 is 5.11 Å². The maximum Gasteiger partial charge on any atom is 0.0859 e. The average Bonchev–Trinajstić information content (AvgIpc) is 2.57. The highest BCUT2D eigenvalue weighted by Gasteiger charge is 2.37. The molecule has 0 amide bonds. The Balaban J connectivity index is 2.02. The van der Waals surface area contributed by atoms with Crippen molar-refractivity contribution in [2.75, 3.05) is 0 Å². The molecule has 0 saturated heterocycles. The molecule has 1 heteroatoms. The van der Waals surface area contributed by atoms with Crippen LogP contribution >= 0.6 is 0 Å². The average molecular weight is 250 g/mol. The number of rotatable bonds is 3. The van der Waals surface area contributed by atoms with E-state index >= 15 is 0 Å². The van der Waals surface area contributed by atoms with Gasteiger partial charge in [0, 0.05) is 0 Å². The topological polar surface area (TPSA) is 20.2 Å². The lowest BCUT2D eigenvalue weighted by Gasteiger charge is -2.39. The minimum absolute atomic E-state index is 0.442. The fraction of sp³-hybridized carbons (Fsp3) is 0.882. The van der Waals surface area contributed by atoms with Crippen molar-refractivity contribution in [3.05, 3.63) is 11.6 Å². The van der Waals surface area contributed by atoms with E-state index in [0.717, 1.165) is 31.1 Å². The smallest absolute Gasteiger partial charge is 0.0859 e. The van der Waals surface area contributed by atoms with Crippen LogP contribution in [-0.4, -0.2) is 10.7 Å². The van der Waals surface area contributed by atoms with E-state index in [1.165, 1.54) is 50.5 Å². The highest BCUT2D eigenvalue weighted by atomic mass is 16.3. The van der Waals surface area contributed by atoms with Gasteiger partial charge < -0.3 is 5.11 Å². The van der Waals surface area contributed by atoms with Gasteiger partial charge in [-0.15, -0.1) is 0 Å². The van der Waals surface area contributed by atoms with Gasteiger partial charge in [0.05, 0.1) is 5.60 Å². The molecule has 1 N–H and O–H groups in total. The highest BCUT2D eigenvalue weighted by molar-refractivity contribution is 5.19. The lowest BCUT2D eigenvalue weighted by Crippen LogP contribution is -2.37. The van der Waals surface area contributed by atoms with Gasteiger partial charge in [0.15, 0.2) is 0 Å². The van der Waals surface area contributed by atoms with Gasteiger partial charge in [0.2, 0.25) is 0 Å². The van der Waals surface area contributed by atoms with Crippen molar-refractivity contribution in [3.8, 4) is 0 Å². The van der Waals surface area contributed by atoms with E-state index in [-0.39, 0.29) is 0 Å². The number of allylic oxidation sites excluding steroid dienone is 1. The van der Waals surface area contributed by atoms with Crippen LogP contribution in [0.25, 0.3) is 0 Å². The van der Waals surface area contributed by atoms with Crippen molar-refractivity contribution in [1.29, 1.82) is 0 Å². The van der Waals surface area contributed by atoms with Crippen molar-refractivity contribution in [2.45, 2.75) is 83.7 Å². The van der Waals surface area contributed by atoms with E-state index in [2.05, 4.69) is 19.9 Å². The van der Waals surface area contributed by atoms with Gasteiger partial charge >= 0.3 is 0 Å². The van der Waals surface area contributed by atoms with Gasteiger partial charge in [0.25, 0.3) is 0 Å². The summed E-state index contributed by atoms with van der Waals surface area (Å²) in [5, 5.41) is 11.0. The van der Waals surface area contributed by atoms with Gasteiger partial charge in [-0.1, -0.05) is 32.8 Å². The monoisotopic (exact) mass is 250 g/mol. The first kappa shape index (κ1) is 14.1. The van der Waals surface area contributed by atoms with Crippen LogP contribution in [0, 0.1) is 11.8 Å². The van der Waals surface area contributed by atoms with Gasteiger partial charge in [-0.25, -0.2) is 0 Å². The lowest BCUT2D eigenvalue weighted by atomic mass is 9.71. The molecule has 0 aliphatic heterocycles. The first-order valence-electron chi connectivity index (χ1n) is 8.02. The summed E-state index contributed by atoms with van der Waals surface area (Å²) in [7, 11) is 0. The maximum atomic E-state index is 11.0. The predicted molar refractivity (Wildman–Crippen MR) is 77.5 cm³/mol. The second-order valence-electron chi connectivity index (χ2n) is 6.95. The molecule has 1 fully saturated rings. The summed E-state index contributed by atoms with van der Waals surface area (Å²) in [5.41, 5.74) is 0.941. The van der Waals surface area contributed by atoms with E-state index in [1.807, 2.05) is 0 Å². The van der Waals surface area contributed by atoms with Crippen molar-refractivity contribution in [3.63, 3.8) is 0 Å². The highest BCUT2D eigenvalue weighted by Crippen LogP contribution is 2.42. The zero-order valence-electron chi connectivity index (χ0n) is 12.3. The maximum absolute atomic E-state index is 11.0. The Morgan fingerprint density at radius 3 is 2.89 bits per heavy atom. The molecule has 2 atom stereocenters. The third-order valence-corrected chi connectivity index (χ3v) is 4.77. The molecule has 1 saturated carbocycles. The standard InChI is InChI=1S/C17H30O/c1-14(2)12-15-8-7-11-17(18,13-15)16-9-5-3-4-6-10-16/h9,14-15,18H,3-8,10-13H2,1-2H3. The number of hydrogen-bond donors (Lipinski definition) is 1. The molecule has 0 radical (unpaired) electrons. The minimum atomic E-state index is -0.442. The van der Waals surface area contributed by atoms with Crippen LogP contribution < -0.4 is 0 Å². The van der Waals surface area contributed by atoms with Gasteiger partial charge in [-0.3, -0.25) is 0 Å². The van der Waals surface area contributed by atoms with E-state index in [1.54, 1.807) is 0 Å². The summed E-state index contributed by atoms with van der Waals surface area (Å²) in [6.45, 7) is 4.61. The van der Waals surface area contributed by atoms with E-state index in [0.29, 0.717) is 0 Å². The summed E-state index contributed by atoms with van der Waals surface area (Å²) in [6, 6.07) is 0. The third kappa shape index (κ3) is 3.60. The molecule has 0 aromatic rings. The Labute approximate surface area is 113 Å². The number of aliphatic hydroxyl groups is 1. The molecule has 2 unspecified atom stereocenters. The lowest BCUT2D eigenvalue weighted by molar-refractivity contribution is 0.0101. The zero-order valence-corrected chi connectivity index (χ0v) is 12.3. The first-order valence-corrected chi connectivity index (χ1v) is 8.02. The van der Waals surface area contributed by atoms with Crippen LogP contribution in [0.1, 0.15) is 78.1 Å². The molecule has 0 spiro atoms. The molecule has 18 heavy (non-hydrogen) atoms. The predicted octanol–water partition coefficient (Wildman–Crippen LogP) is 4.84. The summed E-state index contributed by atoms with van der Waals surface area (Å²) in [4.78, 5) is 0. The van der Waals surface area contributed by atoms with Gasteiger partial charge in [-0.2, -0.15) is 0 Å². The summed E-state index contributed by atoms with van der Waals surface area (Å²) >= 11 is 0. The molecule has 2 aliphatic carbocycles. The van der Waals surface area contributed by atoms with Crippen LogP contribution in [0.2, 0.25) is 0 Å². The Hall–Kier alpha value is -0.300. The summed E-state index contributed by atoms with van der Waals surface area (Å²) in [5.74, 6) is 1.51. The molecule has 0 aromatic heterocycles. The second kappa shape index (κ2) is 6.23. The Morgan fingerprint density at radius 1 is 1.28 bits per heavy atom. The normalized spacial score (nSPS) is 34.2. The molecular formula is C17H30O.